The molecule has 1 rings (SSSR count). The summed E-state index contributed by atoms with van der Waals surface area (Å²) in [7, 11) is 0. The number of carbonyl (C=O) groups excluding carboxylic acids is 1. The van der Waals surface area contributed by atoms with Crippen LogP contribution in [0, 0.1) is 0 Å². The van der Waals surface area contributed by atoms with Crippen LogP contribution >= 0.6 is 0 Å². The molecule has 0 fully saturated rings. The van der Waals surface area contributed by atoms with E-state index in [1.165, 1.54) is 75.8 Å². The van der Waals surface area contributed by atoms with E-state index in [0.717, 1.165) is 12.1 Å². The average Bonchev–Trinajstić information content (AvgIpc) is 2.57. The average molecular weight is 339 g/mol. The van der Waals surface area contributed by atoms with Crippen molar-refractivity contribution in [1.82, 2.24) is 0 Å². The molecule has 0 aliphatic heterocycles. The molecular weight excluding hydrogens is 305 g/mol. The molecule has 0 aliphatic carbocycles. The van der Waals surface area contributed by atoms with E-state index in [2.05, 4.69) is 24.9 Å². The van der Waals surface area contributed by atoms with Crippen molar-refractivity contribution in [2.24, 2.45) is 0 Å². The molecule has 0 aliphatic rings. The van der Waals surface area contributed by atoms with Gasteiger partial charge in [-0.05, 0) is 30.5 Å². The molecule has 0 unspecified atom stereocenters. The van der Waals surface area contributed by atoms with Crippen LogP contribution in [0.15, 0.2) is 36.9 Å². The van der Waals surface area contributed by atoms with Crippen LogP contribution in [0.1, 0.15) is 76.7 Å². The fourth-order valence-electron chi connectivity index (χ4n) is 2.85. The van der Waals surface area contributed by atoms with Gasteiger partial charge in [0.05, 0.1) is 0 Å². The summed E-state index contributed by atoms with van der Waals surface area (Å²) in [4.78, 5) is 11.4. The third-order valence-corrected chi connectivity index (χ3v) is 4.26. The molecule has 0 aromatic heterocycles. The zero-order valence-corrected chi connectivity index (χ0v) is 14.8. The van der Waals surface area contributed by atoms with E-state index >= 15 is 0 Å². The summed E-state index contributed by atoms with van der Waals surface area (Å²) in [6.07, 6.45) is 15.8. The second-order valence-corrected chi connectivity index (χ2v) is 6.28. The van der Waals surface area contributed by atoms with Crippen LogP contribution in [0.3, 0.4) is 0 Å². The number of unbranched alkanes of at least 4 members (excludes halogenated alkanes) is 9. The third kappa shape index (κ3) is 11.1. The van der Waals surface area contributed by atoms with Crippen LogP contribution in [0.25, 0.3) is 0 Å². The van der Waals surface area contributed by atoms with Crippen LogP contribution < -0.4 is 5.32 Å². The summed E-state index contributed by atoms with van der Waals surface area (Å²) in [5.41, 5.74) is 2.15. The molecule has 1 amide bonds. The van der Waals surface area contributed by atoms with Crippen LogP contribution in [0.5, 0.6) is 0 Å². The molecule has 130 valence electrons. The molecular formula is C21H34NNaO. The van der Waals surface area contributed by atoms with Gasteiger partial charge in [-0.25, -0.2) is 0 Å². The molecule has 1 aromatic carbocycles. The van der Waals surface area contributed by atoms with E-state index in [1.54, 1.807) is 0 Å². The molecule has 1 aromatic rings. The Balaban J connectivity index is 0.00000529. The van der Waals surface area contributed by atoms with Gasteiger partial charge in [-0.15, -0.1) is 0 Å². The number of para-hydroxylation sites is 1. The fraction of sp³-hybridized carbons (Fsp3) is 0.571. The maximum atomic E-state index is 11.4. The predicted octanol–water partition coefficient (Wildman–Crippen LogP) is 5.63. The molecule has 0 saturated heterocycles. The van der Waals surface area contributed by atoms with E-state index in [4.69, 9.17) is 0 Å². The Kier molecular flexibility index (Phi) is 15.6. The first kappa shape index (κ1) is 23.4. The van der Waals surface area contributed by atoms with Crippen molar-refractivity contribution >= 4 is 41.2 Å². The third-order valence-electron chi connectivity index (χ3n) is 4.26. The summed E-state index contributed by atoms with van der Waals surface area (Å²) in [5.74, 6) is -0.138. The first-order chi connectivity index (χ1) is 11.3. The van der Waals surface area contributed by atoms with Crippen LogP contribution in [-0.4, -0.2) is 35.5 Å². The van der Waals surface area contributed by atoms with E-state index in [-0.39, 0.29) is 35.5 Å². The molecule has 1 N–H and O–H groups in total. The Labute approximate surface area is 170 Å². The molecule has 0 atom stereocenters. The van der Waals surface area contributed by atoms with E-state index < -0.39 is 0 Å². The van der Waals surface area contributed by atoms with Crippen LogP contribution in [-0.2, 0) is 11.2 Å². The normalized spacial score (nSPS) is 10.0. The van der Waals surface area contributed by atoms with Gasteiger partial charge >= 0.3 is 29.6 Å². The van der Waals surface area contributed by atoms with Crippen molar-refractivity contribution in [2.75, 3.05) is 5.32 Å². The summed E-state index contributed by atoms with van der Waals surface area (Å²) in [6, 6.07) is 8.06. The van der Waals surface area contributed by atoms with Crippen LogP contribution in [0.4, 0.5) is 5.69 Å². The number of rotatable bonds is 13. The van der Waals surface area contributed by atoms with Crippen molar-refractivity contribution in [3.8, 4) is 0 Å². The summed E-state index contributed by atoms with van der Waals surface area (Å²) in [5, 5.41) is 2.89. The van der Waals surface area contributed by atoms with Gasteiger partial charge in [0.15, 0.2) is 0 Å². The molecule has 2 nitrogen and oxygen atoms in total. The van der Waals surface area contributed by atoms with Crippen molar-refractivity contribution in [1.29, 1.82) is 0 Å². The topological polar surface area (TPSA) is 29.1 Å². The Bertz CT molecular complexity index is 459. The van der Waals surface area contributed by atoms with Gasteiger partial charge in [-0.2, -0.15) is 0 Å². The van der Waals surface area contributed by atoms with Gasteiger partial charge in [-0.1, -0.05) is 89.5 Å². The first-order valence-electron chi connectivity index (χ1n) is 9.29. The molecule has 0 bridgehead atoms. The molecule has 0 radical (unpaired) electrons. The number of nitrogens with one attached hydrogen (secondary N) is 1. The monoisotopic (exact) mass is 339 g/mol. The number of hydrogen-bond donors (Lipinski definition) is 1. The van der Waals surface area contributed by atoms with E-state index in [1.807, 2.05) is 18.2 Å². The number of carbonyl (C=O) groups is 1. The molecule has 0 heterocycles. The second kappa shape index (κ2) is 15.9. The Hall–Kier alpha value is -0.570. The molecule has 0 saturated carbocycles. The van der Waals surface area contributed by atoms with Crippen molar-refractivity contribution in [3.63, 3.8) is 0 Å². The van der Waals surface area contributed by atoms with E-state index in [0.29, 0.717) is 0 Å². The Morgan fingerprint density at radius 3 is 2.08 bits per heavy atom. The Morgan fingerprint density at radius 2 is 1.50 bits per heavy atom. The summed E-state index contributed by atoms with van der Waals surface area (Å²) in [6.45, 7) is 5.77. The maximum absolute atomic E-state index is 11.4. The van der Waals surface area contributed by atoms with Gasteiger partial charge in [0.1, 0.15) is 0 Å². The van der Waals surface area contributed by atoms with Crippen molar-refractivity contribution in [3.05, 3.63) is 42.5 Å². The SMILES string of the molecule is C=CC(=O)Nc1ccccc1CCCCCCCCCCCC.[NaH]. The van der Waals surface area contributed by atoms with Crippen LogP contribution in [0.2, 0.25) is 0 Å². The second-order valence-electron chi connectivity index (χ2n) is 6.28. The molecule has 24 heavy (non-hydrogen) atoms. The quantitative estimate of drug-likeness (QED) is 0.282. The first-order valence-corrected chi connectivity index (χ1v) is 9.29. The van der Waals surface area contributed by atoms with Gasteiger partial charge in [0, 0.05) is 5.69 Å². The number of amides is 1. The standard InChI is InChI=1S/C21H33NO.Na.H/c1-3-5-6-7-8-9-10-11-12-13-16-19-17-14-15-18-20(19)22-21(23)4-2;;/h4,14-15,17-18H,2-3,5-13,16H2,1H3,(H,22,23);;. The summed E-state index contributed by atoms with van der Waals surface area (Å²) < 4.78 is 0. The zero-order chi connectivity index (χ0) is 16.8. The zero-order valence-electron chi connectivity index (χ0n) is 14.8. The van der Waals surface area contributed by atoms with Gasteiger partial charge in [0.25, 0.3) is 0 Å². The number of hydrogen-bond acceptors (Lipinski definition) is 1. The Morgan fingerprint density at radius 1 is 0.958 bits per heavy atom. The predicted molar refractivity (Wildman–Crippen MR) is 108 cm³/mol. The number of anilines is 1. The molecule has 3 heteroatoms. The fourth-order valence-corrected chi connectivity index (χ4v) is 2.85. The number of aryl methyl sites for hydroxylation is 1. The van der Waals surface area contributed by atoms with Gasteiger partial charge in [-0.3, -0.25) is 4.79 Å². The van der Waals surface area contributed by atoms with Crippen molar-refractivity contribution in [2.45, 2.75) is 77.6 Å². The minimum atomic E-state index is -0.138. The minimum absolute atomic E-state index is 0. The molecule has 0 spiro atoms. The summed E-state index contributed by atoms with van der Waals surface area (Å²) >= 11 is 0. The van der Waals surface area contributed by atoms with E-state index in [9.17, 15) is 4.79 Å². The van der Waals surface area contributed by atoms with Gasteiger partial charge < -0.3 is 5.32 Å². The number of benzene rings is 1. The van der Waals surface area contributed by atoms with Gasteiger partial charge in [0.2, 0.25) is 5.91 Å². The van der Waals surface area contributed by atoms with Crippen molar-refractivity contribution < 1.29 is 4.79 Å².